The van der Waals surface area contributed by atoms with Crippen LogP contribution < -0.4 is 20.7 Å². The number of urea groups is 1. The molecular formula is C48H44N4O8. The first-order valence-corrected chi connectivity index (χ1v) is 19.9. The van der Waals surface area contributed by atoms with Crippen LogP contribution in [0.25, 0.3) is 0 Å². The van der Waals surface area contributed by atoms with Crippen LogP contribution in [0.5, 0.6) is 5.75 Å². The molecule has 3 heterocycles. The summed E-state index contributed by atoms with van der Waals surface area (Å²) >= 11 is 0. The third kappa shape index (κ3) is 6.86. The van der Waals surface area contributed by atoms with E-state index in [4.69, 9.17) is 15.2 Å². The van der Waals surface area contributed by atoms with Crippen molar-refractivity contribution in [2.45, 2.75) is 49.0 Å². The topological polar surface area (TPSA) is 172 Å². The number of primary amides is 1. The second kappa shape index (κ2) is 16.8. The molecule has 0 saturated carbocycles. The highest BCUT2D eigenvalue weighted by Crippen LogP contribution is 2.65. The van der Waals surface area contributed by atoms with Gasteiger partial charge >= 0.3 is 12.0 Å². The number of aliphatic hydroxyl groups is 2. The Bertz CT molecular complexity index is 2450. The number of amides is 4. The molecule has 4 amide bonds. The normalized spacial score (nSPS) is 23.5. The fourth-order valence-corrected chi connectivity index (χ4v) is 9.22. The van der Waals surface area contributed by atoms with Crippen molar-refractivity contribution in [2.24, 2.45) is 11.7 Å². The highest BCUT2D eigenvalue weighted by molar-refractivity contribution is 6.24. The van der Waals surface area contributed by atoms with E-state index in [2.05, 4.69) is 17.2 Å². The number of nitrogens with one attached hydrogen (secondary N) is 1. The molecular weight excluding hydrogens is 761 g/mol. The van der Waals surface area contributed by atoms with Crippen LogP contribution >= 0.6 is 0 Å². The van der Waals surface area contributed by atoms with E-state index in [-0.39, 0.29) is 37.5 Å². The molecule has 12 heteroatoms. The molecule has 1 spiro atoms. The number of morpholine rings is 1. The van der Waals surface area contributed by atoms with Gasteiger partial charge in [0.05, 0.1) is 42.9 Å². The van der Waals surface area contributed by atoms with E-state index in [1.165, 1.54) is 0 Å². The average Bonchev–Trinajstić information content (AvgIpc) is 3.73. The number of anilines is 1. The molecule has 0 aliphatic carbocycles. The SMILES string of the molecule is C[C@@H](NC(=O)N1C(=O)[C@@]2(c3cc(C#CCCO)ccc31)[C@H](C(N)=O)[C@H]1C(=O)O[C@H](c3ccccc3)[C@H](c3ccccc3)N1[C@@H]2c1ccc(OCCO)cc1)c1ccccc1. The van der Waals surface area contributed by atoms with E-state index >= 15 is 4.79 Å². The zero-order chi connectivity index (χ0) is 42.0. The van der Waals surface area contributed by atoms with Crippen molar-refractivity contribution in [1.29, 1.82) is 0 Å². The Kier molecular flexibility index (Phi) is 11.2. The standard InChI is InChI=1S/C48H44N4O8/c1-30(32-14-5-2-6-15-32)50-47(58)51-38-25-20-31(13-11-12-26-53)29-37(38)48(46(51)57)39(44(49)55)41-45(56)60-42(34-18-9-4-10-19-34)40(33-16-7-3-8-17-33)52(41)43(48)35-21-23-36(24-22-35)59-28-27-54/h2-10,14-25,29-30,39-43,53-54H,12,26-28H2,1H3,(H2,49,55)(H,50,58)/t30-,39+,40+,41+,42-,43-,48+/m1/s1. The first-order valence-electron chi connectivity index (χ1n) is 19.9. The van der Waals surface area contributed by atoms with E-state index in [0.29, 0.717) is 22.4 Å². The Morgan fingerprint density at radius 1 is 0.833 bits per heavy atom. The second-order valence-electron chi connectivity index (χ2n) is 15.0. The predicted molar refractivity (Wildman–Crippen MR) is 222 cm³/mol. The zero-order valence-electron chi connectivity index (χ0n) is 32.8. The van der Waals surface area contributed by atoms with Gasteiger partial charge in [-0.15, -0.1) is 0 Å². The van der Waals surface area contributed by atoms with Crippen molar-refractivity contribution in [3.05, 3.63) is 167 Å². The van der Waals surface area contributed by atoms with E-state index in [9.17, 15) is 24.6 Å². The van der Waals surface area contributed by atoms with Crippen molar-refractivity contribution in [3.8, 4) is 17.6 Å². The number of carbonyl (C=O) groups excluding carboxylic acids is 4. The maximum absolute atomic E-state index is 16.0. The molecule has 12 nitrogen and oxygen atoms in total. The smallest absolute Gasteiger partial charge is 0.329 e. The van der Waals surface area contributed by atoms with Crippen LogP contribution in [0.15, 0.2) is 133 Å². The molecule has 8 rings (SSSR count). The number of nitrogens with two attached hydrogens (primary N) is 1. The molecule has 0 radical (unpaired) electrons. The van der Waals surface area contributed by atoms with Crippen LogP contribution in [0.2, 0.25) is 0 Å². The summed E-state index contributed by atoms with van der Waals surface area (Å²) in [4.78, 5) is 62.9. The quantitative estimate of drug-likeness (QED) is 0.106. The highest BCUT2D eigenvalue weighted by Gasteiger charge is 2.75. The van der Waals surface area contributed by atoms with Gasteiger partial charge in [-0.3, -0.25) is 19.3 Å². The van der Waals surface area contributed by atoms with E-state index in [0.717, 1.165) is 16.0 Å². The molecule has 0 aromatic heterocycles. The van der Waals surface area contributed by atoms with Crippen molar-refractivity contribution >= 4 is 29.5 Å². The number of hydrogen-bond donors (Lipinski definition) is 4. The summed E-state index contributed by atoms with van der Waals surface area (Å²) in [5.41, 5.74) is 8.17. The summed E-state index contributed by atoms with van der Waals surface area (Å²) in [5, 5.41) is 22.0. The van der Waals surface area contributed by atoms with E-state index < -0.39 is 65.4 Å². The maximum atomic E-state index is 16.0. The van der Waals surface area contributed by atoms with Crippen molar-refractivity contribution in [2.75, 3.05) is 24.7 Å². The molecule has 0 bridgehead atoms. The van der Waals surface area contributed by atoms with Gasteiger partial charge in [0.2, 0.25) is 11.8 Å². The van der Waals surface area contributed by atoms with Crippen LogP contribution in [0.1, 0.15) is 71.0 Å². The summed E-state index contributed by atoms with van der Waals surface area (Å²) in [5.74, 6) is 2.43. The summed E-state index contributed by atoms with van der Waals surface area (Å²) in [6, 6.07) is 35.4. The molecule has 2 saturated heterocycles. The van der Waals surface area contributed by atoms with Gasteiger partial charge in [0.25, 0.3) is 0 Å². The minimum Gasteiger partial charge on any atom is -0.491 e. The second-order valence-corrected chi connectivity index (χ2v) is 15.0. The Balaban J connectivity index is 1.41. The molecule has 2 fully saturated rings. The number of aliphatic hydroxyl groups excluding tert-OH is 2. The fraction of sp³-hybridized carbons (Fsp3) is 0.250. The minimum atomic E-state index is -2.00. The summed E-state index contributed by atoms with van der Waals surface area (Å²) in [6.45, 7) is 1.48. The molecule has 5 N–H and O–H groups in total. The number of imide groups is 1. The van der Waals surface area contributed by atoms with Gasteiger partial charge in [-0.05, 0) is 65.1 Å². The third-order valence-corrected chi connectivity index (χ3v) is 11.6. The number of rotatable bonds is 10. The molecule has 5 aromatic rings. The summed E-state index contributed by atoms with van der Waals surface area (Å²) in [7, 11) is 0. The number of benzene rings is 5. The average molecular weight is 805 g/mol. The Morgan fingerprint density at radius 3 is 2.12 bits per heavy atom. The van der Waals surface area contributed by atoms with Crippen LogP contribution in [0.4, 0.5) is 10.5 Å². The fourth-order valence-electron chi connectivity index (χ4n) is 9.22. The lowest BCUT2D eigenvalue weighted by atomic mass is 9.65. The zero-order valence-corrected chi connectivity index (χ0v) is 32.8. The number of cyclic esters (lactones) is 1. The molecule has 60 heavy (non-hydrogen) atoms. The lowest BCUT2D eigenvalue weighted by Gasteiger charge is -2.46. The monoisotopic (exact) mass is 804 g/mol. The van der Waals surface area contributed by atoms with E-state index in [1.807, 2.05) is 95.9 Å². The lowest BCUT2D eigenvalue weighted by Crippen LogP contribution is -2.55. The molecule has 304 valence electrons. The lowest BCUT2D eigenvalue weighted by molar-refractivity contribution is -0.178. The number of carbonyl (C=O) groups is 4. The number of fused-ring (bicyclic) bond motifs is 3. The molecule has 3 aliphatic rings. The van der Waals surface area contributed by atoms with Gasteiger partial charge in [-0.2, -0.15) is 0 Å². The number of hydrogen-bond acceptors (Lipinski definition) is 9. The third-order valence-electron chi connectivity index (χ3n) is 11.6. The summed E-state index contributed by atoms with van der Waals surface area (Å²) < 4.78 is 12.1. The maximum Gasteiger partial charge on any atom is 0.329 e. The minimum absolute atomic E-state index is 0.0444. The van der Waals surface area contributed by atoms with E-state index in [1.54, 1.807) is 49.4 Å². The Morgan fingerprint density at radius 2 is 1.48 bits per heavy atom. The number of nitrogens with zero attached hydrogens (tertiary/aromatic N) is 2. The van der Waals surface area contributed by atoms with Crippen molar-refractivity contribution < 1.29 is 38.9 Å². The predicted octanol–water partition coefficient (Wildman–Crippen LogP) is 5.41. The van der Waals surface area contributed by atoms with Gasteiger partial charge < -0.3 is 30.7 Å². The molecule has 7 atom stereocenters. The first kappa shape index (κ1) is 40.0. The number of esters is 1. The van der Waals surface area contributed by atoms with Gasteiger partial charge in [0.1, 0.15) is 29.9 Å². The van der Waals surface area contributed by atoms with Gasteiger partial charge in [0.15, 0.2) is 0 Å². The van der Waals surface area contributed by atoms with Gasteiger partial charge in [0, 0.05) is 12.0 Å². The van der Waals surface area contributed by atoms with Crippen molar-refractivity contribution in [3.63, 3.8) is 0 Å². The summed E-state index contributed by atoms with van der Waals surface area (Å²) in [6.07, 6.45) is -0.709. The molecule has 3 aliphatic heterocycles. The van der Waals surface area contributed by atoms with Crippen molar-refractivity contribution in [1.82, 2.24) is 10.2 Å². The molecule has 5 aromatic carbocycles. The van der Waals surface area contributed by atoms with Crippen LogP contribution in [-0.4, -0.2) is 64.8 Å². The largest absolute Gasteiger partial charge is 0.491 e. The number of ether oxygens (including phenoxy) is 2. The van der Waals surface area contributed by atoms with Gasteiger partial charge in [-0.25, -0.2) is 9.69 Å². The molecule has 0 unspecified atom stereocenters. The highest BCUT2D eigenvalue weighted by atomic mass is 16.6. The van der Waals surface area contributed by atoms with Crippen LogP contribution in [-0.2, 0) is 24.5 Å². The Labute approximate surface area is 347 Å². The first-order chi connectivity index (χ1) is 29.2. The van der Waals surface area contributed by atoms with Crippen LogP contribution in [0, 0.1) is 17.8 Å². The van der Waals surface area contributed by atoms with Crippen LogP contribution in [0.3, 0.4) is 0 Å². The van der Waals surface area contributed by atoms with Gasteiger partial charge in [-0.1, -0.05) is 115 Å². The Hall–Kier alpha value is -6.78.